The standard InChI is InChI=1S/C16H30N2OSi/c1-3-9-16(15-10-6-5-7-11-15)19-20(18,13-4-2)14-8-12-17/h5-7,10-11,16H,3-4,8-9,12-14,17-18H2,1-2H3. The van der Waals surface area contributed by atoms with Crippen molar-refractivity contribution in [1.82, 2.24) is 0 Å². The van der Waals surface area contributed by atoms with Gasteiger partial charge in [-0.15, -0.1) is 0 Å². The summed E-state index contributed by atoms with van der Waals surface area (Å²) in [6.07, 6.45) is 4.33. The maximum Gasteiger partial charge on any atom is 0.266 e. The van der Waals surface area contributed by atoms with E-state index in [1.165, 1.54) is 5.56 Å². The number of nitrogens with two attached hydrogens (primary N) is 2. The molecule has 1 aromatic carbocycles. The first-order valence-electron chi connectivity index (χ1n) is 7.87. The zero-order valence-corrected chi connectivity index (χ0v) is 14.0. The van der Waals surface area contributed by atoms with Crippen LogP contribution >= 0.6 is 0 Å². The van der Waals surface area contributed by atoms with Gasteiger partial charge in [0.15, 0.2) is 0 Å². The van der Waals surface area contributed by atoms with Crippen LogP contribution < -0.4 is 11.1 Å². The van der Waals surface area contributed by atoms with Crippen molar-refractivity contribution in [3.05, 3.63) is 35.9 Å². The van der Waals surface area contributed by atoms with Gasteiger partial charge in [0.25, 0.3) is 8.48 Å². The molecule has 0 aliphatic carbocycles. The average molecular weight is 295 g/mol. The minimum atomic E-state index is -2.13. The summed E-state index contributed by atoms with van der Waals surface area (Å²) in [6, 6.07) is 12.4. The van der Waals surface area contributed by atoms with E-state index in [4.69, 9.17) is 15.6 Å². The molecule has 1 rings (SSSR count). The molecule has 0 fully saturated rings. The predicted octanol–water partition coefficient (Wildman–Crippen LogP) is 3.70. The summed E-state index contributed by atoms with van der Waals surface area (Å²) in [5.74, 6) is 0. The molecule has 0 aliphatic heterocycles. The molecule has 2 atom stereocenters. The smallest absolute Gasteiger partial charge is 0.266 e. The van der Waals surface area contributed by atoms with Gasteiger partial charge in [-0.05, 0) is 37.0 Å². The Morgan fingerprint density at radius 2 is 1.80 bits per heavy atom. The van der Waals surface area contributed by atoms with Crippen molar-refractivity contribution in [3.63, 3.8) is 0 Å². The summed E-state index contributed by atoms with van der Waals surface area (Å²) < 4.78 is 6.47. The van der Waals surface area contributed by atoms with E-state index in [0.717, 1.165) is 37.8 Å². The van der Waals surface area contributed by atoms with Gasteiger partial charge in [0.2, 0.25) is 0 Å². The molecular formula is C16H30N2OSi. The van der Waals surface area contributed by atoms with E-state index in [2.05, 4.69) is 38.1 Å². The number of rotatable bonds is 10. The van der Waals surface area contributed by atoms with E-state index in [1.54, 1.807) is 0 Å². The Morgan fingerprint density at radius 3 is 2.35 bits per heavy atom. The number of hydrogen-bond acceptors (Lipinski definition) is 3. The second-order valence-corrected chi connectivity index (χ2v) is 8.88. The van der Waals surface area contributed by atoms with Crippen LogP contribution in [0.2, 0.25) is 12.1 Å². The lowest BCUT2D eigenvalue weighted by molar-refractivity contribution is 0.177. The van der Waals surface area contributed by atoms with Gasteiger partial charge in [0.1, 0.15) is 0 Å². The van der Waals surface area contributed by atoms with E-state index in [-0.39, 0.29) is 6.10 Å². The van der Waals surface area contributed by atoms with E-state index >= 15 is 0 Å². The van der Waals surface area contributed by atoms with Gasteiger partial charge >= 0.3 is 0 Å². The highest BCUT2D eigenvalue weighted by atomic mass is 28.4. The maximum absolute atomic E-state index is 6.62. The highest BCUT2D eigenvalue weighted by Gasteiger charge is 2.32. The molecule has 3 nitrogen and oxygen atoms in total. The summed E-state index contributed by atoms with van der Waals surface area (Å²) in [4.78, 5) is 0. The first kappa shape index (κ1) is 17.4. The number of benzene rings is 1. The normalized spacial score (nSPS) is 15.8. The highest BCUT2D eigenvalue weighted by molar-refractivity contribution is 6.70. The third kappa shape index (κ3) is 5.75. The minimum Gasteiger partial charge on any atom is -0.396 e. The van der Waals surface area contributed by atoms with Crippen LogP contribution in [-0.4, -0.2) is 15.0 Å². The maximum atomic E-state index is 6.62. The van der Waals surface area contributed by atoms with Crippen molar-refractivity contribution in [2.45, 2.75) is 57.7 Å². The Kier molecular flexibility index (Phi) is 8.07. The Bertz CT molecular complexity index is 361. The molecule has 0 bridgehead atoms. The van der Waals surface area contributed by atoms with Gasteiger partial charge in [-0.1, -0.05) is 57.0 Å². The second-order valence-electron chi connectivity index (χ2n) is 5.51. The fraction of sp³-hybridized carbons (Fsp3) is 0.625. The Morgan fingerprint density at radius 1 is 1.10 bits per heavy atom. The molecule has 4 N–H and O–H groups in total. The first-order chi connectivity index (χ1) is 9.65. The average Bonchev–Trinajstić information content (AvgIpc) is 2.46. The molecular weight excluding hydrogens is 264 g/mol. The molecule has 4 heteroatoms. The van der Waals surface area contributed by atoms with Crippen LogP contribution in [0.5, 0.6) is 0 Å². The van der Waals surface area contributed by atoms with Crippen molar-refractivity contribution in [3.8, 4) is 0 Å². The van der Waals surface area contributed by atoms with Gasteiger partial charge < -0.3 is 15.6 Å². The minimum absolute atomic E-state index is 0.141. The third-order valence-electron chi connectivity index (χ3n) is 3.58. The lowest BCUT2D eigenvalue weighted by atomic mass is 10.1. The van der Waals surface area contributed by atoms with Crippen LogP contribution in [0.3, 0.4) is 0 Å². The summed E-state index contributed by atoms with van der Waals surface area (Å²) >= 11 is 0. The van der Waals surface area contributed by atoms with Gasteiger partial charge in [0, 0.05) is 0 Å². The first-order valence-corrected chi connectivity index (χ1v) is 10.3. The van der Waals surface area contributed by atoms with E-state index < -0.39 is 8.48 Å². The van der Waals surface area contributed by atoms with Crippen molar-refractivity contribution < 1.29 is 4.43 Å². The SMILES string of the molecule is CCCC(O[Si](N)(CCC)CCCN)c1ccccc1. The number of hydrogen-bond donors (Lipinski definition) is 2. The quantitative estimate of drug-likeness (QED) is 0.647. The van der Waals surface area contributed by atoms with Crippen LogP contribution in [0, 0.1) is 0 Å². The van der Waals surface area contributed by atoms with Crippen LogP contribution in [0.1, 0.15) is 51.2 Å². The topological polar surface area (TPSA) is 61.3 Å². The summed E-state index contributed by atoms with van der Waals surface area (Å²) in [5, 5.41) is 6.62. The molecule has 0 spiro atoms. The van der Waals surface area contributed by atoms with Gasteiger partial charge in [-0.2, -0.15) is 0 Å². The Balaban J connectivity index is 2.80. The second kappa shape index (κ2) is 9.29. The molecule has 0 aliphatic rings. The predicted molar refractivity (Wildman–Crippen MR) is 88.7 cm³/mol. The van der Waals surface area contributed by atoms with E-state index in [0.29, 0.717) is 6.54 Å². The van der Waals surface area contributed by atoms with Crippen molar-refractivity contribution in [2.24, 2.45) is 11.1 Å². The van der Waals surface area contributed by atoms with Crippen molar-refractivity contribution in [1.29, 1.82) is 0 Å². The molecule has 0 saturated heterocycles. The van der Waals surface area contributed by atoms with Gasteiger partial charge in [-0.25, -0.2) is 0 Å². The Hall–Kier alpha value is -0.683. The molecule has 0 aromatic heterocycles. The molecule has 2 unspecified atom stereocenters. The lowest BCUT2D eigenvalue weighted by Gasteiger charge is -2.32. The third-order valence-corrected chi connectivity index (χ3v) is 6.88. The molecule has 0 saturated carbocycles. The zero-order chi connectivity index (χ0) is 14.8. The van der Waals surface area contributed by atoms with Gasteiger partial charge in [0.05, 0.1) is 6.10 Å². The van der Waals surface area contributed by atoms with Crippen molar-refractivity contribution in [2.75, 3.05) is 6.54 Å². The molecule has 0 radical (unpaired) electrons. The molecule has 114 valence electrons. The fourth-order valence-corrected chi connectivity index (χ4v) is 5.53. The molecule has 1 aromatic rings. The Labute approximate surface area is 124 Å². The molecule has 0 amide bonds. The lowest BCUT2D eigenvalue weighted by Crippen LogP contribution is -2.49. The van der Waals surface area contributed by atoms with Crippen LogP contribution in [0.25, 0.3) is 0 Å². The molecule has 0 heterocycles. The highest BCUT2D eigenvalue weighted by Crippen LogP contribution is 2.29. The van der Waals surface area contributed by atoms with E-state index in [1.807, 2.05) is 6.07 Å². The van der Waals surface area contributed by atoms with E-state index in [9.17, 15) is 0 Å². The fourth-order valence-electron chi connectivity index (χ4n) is 2.57. The van der Waals surface area contributed by atoms with Crippen LogP contribution in [0.15, 0.2) is 30.3 Å². The largest absolute Gasteiger partial charge is 0.396 e. The monoisotopic (exact) mass is 294 g/mol. The van der Waals surface area contributed by atoms with Crippen LogP contribution in [-0.2, 0) is 4.43 Å². The summed E-state index contributed by atoms with van der Waals surface area (Å²) in [5.41, 5.74) is 6.89. The zero-order valence-electron chi connectivity index (χ0n) is 13.0. The summed E-state index contributed by atoms with van der Waals surface area (Å²) in [7, 11) is -2.13. The summed E-state index contributed by atoms with van der Waals surface area (Å²) in [6.45, 7) is 5.07. The molecule has 20 heavy (non-hydrogen) atoms. The van der Waals surface area contributed by atoms with Gasteiger partial charge in [-0.3, -0.25) is 0 Å². The van der Waals surface area contributed by atoms with Crippen LogP contribution in [0.4, 0.5) is 0 Å². The van der Waals surface area contributed by atoms with Crippen molar-refractivity contribution >= 4 is 8.48 Å².